The summed E-state index contributed by atoms with van der Waals surface area (Å²) in [6, 6.07) is 20.0. The molecule has 0 bridgehead atoms. The summed E-state index contributed by atoms with van der Waals surface area (Å²) in [4.78, 5) is 32.5. The fraction of sp³-hybridized carbons (Fsp3) is 0.357. The van der Waals surface area contributed by atoms with E-state index in [0.29, 0.717) is 19.6 Å². The Bertz CT molecular complexity index is 1070. The topological polar surface area (TPSA) is 40.6 Å². The molecule has 34 heavy (non-hydrogen) atoms. The van der Waals surface area contributed by atoms with E-state index in [-0.39, 0.29) is 36.5 Å². The highest BCUT2D eigenvalue weighted by Gasteiger charge is 2.23. The van der Waals surface area contributed by atoms with Crippen LogP contribution in [-0.4, -0.2) is 34.7 Å². The maximum absolute atomic E-state index is 13.5. The predicted molar refractivity (Wildman–Crippen MR) is 136 cm³/mol. The molecule has 0 aliphatic carbocycles. The minimum Gasteiger partial charge on any atom is -0.333 e. The smallest absolute Gasteiger partial charge is 0.242 e. The van der Waals surface area contributed by atoms with Gasteiger partial charge in [-0.2, -0.15) is 0 Å². The Kier molecular flexibility index (Phi) is 9.40. The first-order chi connectivity index (χ1) is 16.3. The van der Waals surface area contributed by atoms with Crippen molar-refractivity contribution in [2.75, 3.05) is 13.1 Å². The van der Waals surface area contributed by atoms with Gasteiger partial charge < -0.3 is 9.80 Å². The van der Waals surface area contributed by atoms with E-state index in [1.807, 2.05) is 35.2 Å². The second kappa shape index (κ2) is 12.5. The third kappa shape index (κ3) is 7.80. The van der Waals surface area contributed by atoms with Crippen molar-refractivity contribution in [2.45, 2.75) is 46.7 Å². The Hall–Kier alpha value is -2.99. The summed E-state index contributed by atoms with van der Waals surface area (Å²) in [7, 11) is 0. The van der Waals surface area contributed by atoms with Crippen LogP contribution in [0, 0.1) is 18.7 Å². The number of aryl methyl sites for hydroxylation is 1. The third-order valence-corrected chi connectivity index (χ3v) is 6.87. The highest BCUT2D eigenvalue weighted by atomic mass is 32.1. The summed E-state index contributed by atoms with van der Waals surface area (Å²) in [5, 5.41) is 0. The van der Waals surface area contributed by atoms with Crippen molar-refractivity contribution < 1.29 is 14.0 Å². The van der Waals surface area contributed by atoms with Crippen molar-refractivity contribution in [2.24, 2.45) is 5.92 Å². The fourth-order valence-corrected chi connectivity index (χ4v) is 4.61. The number of hydrogen-bond acceptors (Lipinski definition) is 3. The third-order valence-electron chi connectivity index (χ3n) is 5.89. The molecule has 2 amide bonds. The van der Waals surface area contributed by atoms with Crippen LogP contribution in [0.15, 0.2) is 66.7 Å². The maximum atomic E-state index is 13.5. The first-order valence-corrected chi connectivity index (χ1v) is 12.5. The largest absolute Gasteiger partial charge is 0.333 e. The van der Waals surface area contributed by atoms with Crippen molar-refractivity contribution in [1.29, 1.82) is 0 Å². The zero-order valence-corrected chi connectivity index (χ0v) is 21.0. The van der Waals surface area contributed by atoms with Crippen molar-refractivity contribution in [3.8, 4) is 0 Å². The van der Waals surface area contributed by atoms with Gasteiger partial charge in [-0.15, -0.1) is 11.3 Å². The molecule has 1 unspecified atom stereocenters. The average Bonchev–Trinajstić information content (AvgIpc) is 3.24. The Balaban J connectivity index is 1.77. The molecular weight excluding hydrogens is 447 g/mol. The maximum Gasteiger partial charge on any atom is 0.242 e. The van der Waals surface area contributed by atoms with Crippen LogP contribution in [0.5, 0.6) is 0 Å². The summed E-state index contributed by atoms with van der Waals surface area (Å²) in [6.07, 6.45) is 1.06. The lowest BCUT2D eigenvalue weighted by Gasteiger charge is -2.29. The molecule has 3 aromatic rings. The molecule has 180 valence electrons. The van der Waals surface area contributed by atoms with Crippen LogP contribution in [-0.2, 0) is 29.1 Å². The molecule has 3 rings (SSSR count). The van der Waals surface area contributed by atoms with E-state index in [1.54, 1.807) is 28.4 Å². The van der Waals surface area contributed by atoms with Crippen LogP contribution in [0.25, 0.3) is 0 Å². The van der Waals surface area contributed by atoms with Gasteiger partial charge in [0, 0.05) is 22.8 Å². The lowest BCUT2D eigenvalue weighted by molar-refractivity contribution is -0.141. The van der Waals surface area contributed by atoms with Crippen LogP contribution in [0.1, 0.15) is 41.1 Å². The molecule has 1 heterocycles. The minimum atomic E-state index is -0.330. The SMILES string of the molecule is CCC(C)CN(CC(=O)N(Cc1ccccc1)Cc1ccc(C)s1)C(=O)Cc1ccc(F)cc1. The molecule has 0 saturated carbocycles. The number of nitrogens with zero attached hydrogens (tertiary/aromatic N) is 2. The molecule has 1 atom stereocenters. The molecule has 6 heteroatoms. The number of benzene rings is 2. The first kappa shape index (κ1) is 25.6. The van der Waals surface area contributed by atoms with Crippen LogP contribution >= 0.6 is 11.3 Å². The van der Waals surface area contributed by atoms with Gasteiger partial charge in [0.25, 0.3) is 0 Å². The average molecular weight is 481 g/mol. The molecule has 0 fully saturated rings. The van der Waals surface area contributed by atoms with Crippen LogP contribution in [0.4, 0.5) is 4.39 Å². The summed E-state index contributed by atoms with van der Waals surface area (Å²) >= 11 is 1.68. The number of amides is 2. The molecule has 0 radical (unpaired) electrons. The lowest BCUT2D eigenvalue weighted by Crippen LogP contribution is -2.44. The fourth-order valence-electron chi connectivity index (χ4n) is 3.71. The number of hydrogen-bond donors (Lipinski definition) is 0. The molecule has 0 aliphatic heterocycles. The Morgan fingerprint density at radius 3 is 2.21 bits per heavy atom. The number of rotatable bonds is 11. The van der Waals surface area contributed by atoms with Crippen LogP contribution in [0.3, 0.4) is 0 Å². The van der Waals surface area contributed by atoms with E-state index < -0.39 is 0 Å². The molecule has 0 N–H and O–H groups in total. The van der Waals surface area contributed by atoms with Gasteiger partial charge in [-0.1, -0.05) is 62.7 Å². The molecule has 1 aromatic heterocycles. The highest BCUT2D eigenvalue weighted by Crippen LogP contribution is 2.19. The molecular formula is C28H33FN2O2S. The lowest BCUT2D eigenvalue weighted by atomic mass is 10.1. The van der Waals surface area contributed by atoms with E-state index in [0.717, 1.165) is 22.4 Å². The Morgan fingerprint density at radius 2 is 1.59 bits per heavy atom. The van der Waals surface area contributed by atoms with Gasteiger partial charge >= 0.3 is 0 Å². The predicted octanol–water partition coefficient (Wildman–Crippen LogP) is 5.84. The van der Waals surface area contributed by atoms with Gasteiger partial charge in [0.05, 0.1) is 19.5 Å². The van der Waals surface area contributed by atoms with Gasteiger partial charge in [-0.25, -0.2) is 4.39 Å². The second-order valence-electron chi connectivity index (χ2n) is 8.84. The quantitative estimate of drug-likeness (QED) is 0.346. The summed E-state index contributed by atoms with van der Waals surface area (Å²) in [5.74, 6) is -0.256. The molecule has 0 aliphatic rings. The van der Waals surface area contributed by atoms with E-state index in [2.05, 4.69) is 32.9 Å². The standard InChI is InChI=1S/C28H33FN2O2S/c1-4-21(2)17-30(27(32)16-23-11-13-25(29)14-12-23)20-28(33)31(18-24-8-6-5-7-9-24)19-26-15-10-22(3)34-26/h5-15,21H,4,16-20H2,1-3H3. The van der Waals surface area contributed by atoms with Gasteiger partial charge in [0.1, 0.15) is 5.82 Å². The molecule has 2 aromatic carbocycles. The van der Waals surface area contributed by atoms with Crippen molar-refractivity contribution in [3.63, 3.8) is 0 Å². The van der Waals surface area contributed by atoms with E-state index in [1.165, 1.54) is 17.0 Å². The summed E-state index contributed by atoms with van der Waals surface area (Å²) in [6.45, 7) is 7.75. The van der Waals surface area contributed by atoms with Gasteiger partial charge in [-0.05, 0) is 48.2 Å². The van der Waals surface area contributed by atoms with Crippen molar-refractivity contribution in [3.05, 3.63) is 93.4 Å². The number of halogens is 1. The number of carbonyl (C=O) groups excluding carboxylic acids is 2. The van der Waals surface area contributed by atoms with E-state index in [4.69, 9.17) is 0 Å². The van der Waals surface area contributed by atoms with Crippen molar-refractivity contribution in [1.82, 2.24) is 9.80 Å². The summed E-state index contributed by atoms with van der Waals surface area (Å²) < 4.78 is 13.3. The Morgan fingerprint density at radius 1 is 0.882 bits per heavy atom. The monoisotopic (exact) mass is 480 g/mol. The normalized spacial score (nSPS) is 11.8. The van der Waals surface area contributed by atoms with Gasteiger partial charge in [0.2, 0.25) is 11.8 Å². The summed E-state index contributed by atoms with van der Waals surface area (Å²) in [5.41, 5.74) is 1.79. The first-order valence-electron chi connectivity index (χ1n) is 11.7. The second-order valence-corrected chi connectivity index (χ2v) is 10.2. The van der Waals surface area contributed by atoms with E-state index >= 15 is 0 Å². The zero-order valence-electron chi connectivity index (χ0n) is 20.2. The zero-order chi connectivity index (χ0) is 24.5. The van der Waals surface area contributed by atoms with E-state index in [9.17, 15) is 14.0 Å². The van der Waals surface area contributed by atoms with Gasteiger partial charge in [-0.3, -0.25) is 9.59 Å². The Labute approximate surface area is 206 Å². The molecule has 0 saturated heterocycles. The number of carbonyl (C=O) groups is 2. The van der Waals surface area contributed by atoms with Crippen LogP contribution in [0.2, 0.25) is 0 Å². The highest BCUT2D eigenvalue weighted by molar-refractivity contribution is 7.11. The molecule has 0 spiro atoms. The van der Waals surface area contributed by atoms with Crippen molar-refractivity contribution >= 4 is 23.2 Å². The number of thiophene rings is 1. The van der Waals surface area contributed by atoms with Gasteiger partial charge in [0.15, 0.2) is 0 Å². The minimum absolute atomic E-state index is 0.0293. The molecule has 4 nitrogen and oxygen atoms in total. The van der Waals surface area contributed by atoms with Crippen LogP contribution < -0.4 is 0 Å².